The summed E-state index contributed by atoms with van der Waals surface area (Å²) in [4.78, 5) is 14.2. The highest BCUT2D eigenvalue weighted by Gasteiger charge is 2.17. The summed E-state index contributed by atoms with van der Waals surface area (Å²) in [6, 6.07) is 1.44. The van der Waals surface area contributed by atoms with Gasteiger partial charge in [0.05, 0.1) is 0 Å². The van der Waals surface area contributed by atoms with Crippen molar-refractivity contribution in [1.29, 1.82) is 0 Å². The van der Waals surface area contributed by atoms with Crippen LogP contribution in [-0.4, -0.2) is 28.4 Å². The molecular formula is C10H13FN2OS. The van der Waals surface area contributed by atoms with Crippen LogP contribution in [-0.2, 0) is 0 Å². The summed E-state index contributed by atoms with van der Waals surface area (Å²) < 4.78 is 12.7. The lowest BCUT2D eigenvalue weighted by molar-refractivity contribution is 0.0934. The molecule has 1 aromatic heterocycles. The smallest absolute Gasteiger partial charge is 0.268 e. The Morgan fingerprint density at radius 1 is 1.67 bits per heavy atom. The molecule has 0 saturated carbocycles. The van der Waals surface area contributed by atoms with Gasteiger partial charge in [0, 0.05) is 24.1 Å². The zero-order valence-electron chi connectivity index (χ0n) is 8.25. The van der Waals surface area contributed by atoms with Crippen LogP contribution in [0.4, 0.5) is 4.39 Å². The first-order chi connectivity index (χ1) is 7.25. The Bertz CT molecular complexity index is 347. The molecule has 1 aliphatic rings. The molecule has 1 aromatic rings. The number of halogens is 1. The number of thioether (sulfide) groups is 1. The van der Waals surface area contributed by atoms with Crippen LogP contribution in [0.3, 0.4) is 0 Å². The van der Waals surface area contributed by atoms with E-state index >= 15 is 0 Å². The highest BCUT2D eigenvalue weighted by molar-refractivity contribution is 7.99. The number of hydrogen-bond acceptors (Lipinski definition) is 2. The van der Waals surface area contributed by atoms with Gasteiger partial charge in [-0.1, -0.05) is 0 Å². The van der Waals surface area contributed by atoms with Gasteiger partial charge in [0.15, 0.2) is 0 Å². The summed E-state index contributed by atoms with van der Waals surface area (Å²) in [6.07, 6.45) is 3.33. The van der Waals surface area contributed by atoms with Crippen molar-refractivity contribution < 1.29 is 9.18 Å². The number of carbonyl (C=O) groups excluding carboxylic acids is 1. The van der Waals surface area contributed by atoms with Crippen molar-refractivity contribution >= 4 is 17.7 Å². The second-order valence-corrected chi connectivity index (χ2v) is 4.77. The second kappa shape index (κ2) is 4.70. The van der Waals surface area contributed by atoms with Gasteiger partial charge in [-0.3, -0.25) is 4.79 Å². The van der Waals surface area contributed by atoms with Gasteiger partial charge in [-0.05, 0) is 18.6 Å². The standard InChI is InChI=1S/C10H13FN2OS/c11-7-4-9(12-5-7)10(14)13-8-2-1-3-15-6-8/h4-5,8,12H,1-3,6H2,(H,13,14). The minimum atomic E-state index is -0.404. The fraction of sp³-hybridized carbons (Fsp3) is 0.500. The van der Waals surface area contributed by atoms with Crippen LogP contribution in [0.25, 0.3) is 0 Å². The molecule has 2 rings (SSSR count). The van der Waals surface area contributed by atoms with Crippen LogP contribution >= 0.6 is 11.8 Å². The summed E-state index contributed by atoms with van der Waals surface area (Å²) in [5.41, 5.74) is 0.295. The van der Waals surface area contributed by atoms with Gasteiger partial charge in [0.2, 0.25) is 0 Å². The summed E-state index contributed by atoms with van der Waals surface area (Å²) >= 11 is 1.85. The molecular weight excluding hydrogens is 215 g/mol. The lowest BCUT2D eigenvalue weighted by Gasteiger charge is -2.22. The molecule has 2 N–H and O–H groups in total. The van der Waals surface area contributed by atoms with E-state index in [-0.39, 0.29) is 11.9 Å². The molecule has 0 aliphatic carbocycles. The third kappa shape index (κ3) is 2.75. The van der Waals surface area contributed by atoms with Crippen LogP contribution in [0.5, 0.6) is 0 Å². The van der Waals surface area contributed by atoms with E-state index in [2.05, 4.69) is 10.3 Å². The molecule has 0 bridgehead atoms. The fourth-order valence-electron chi connectivity index (χ4n) is 1.62. The number of nitrogens with one attached hydrogen (secondary N) is 2. The highest BCUT2D eigenvalue weighted by Crippen LogP contribution is 2.17. The normalized spacial score (nSPS) is 21.3. The maximum atomic E-state index is 12.7. The van der Waals surface area contributed by atoms with E-state index in [4.69, 9.17) is 0 Å². The fourth-order valence-corrected chi connectivity index (χ4v) is 2.69. The Morgan fingerprint density at radius 2 is 2.53 bits per heavy atom. The number of amides is 1. The van der Waals surface area contributed by atoms with E-state index in [0.717, 1.165) is 18.6 Å². The molecule has 82 valence electrons. The molecule has 1 unspecified atom stereocenters. The Balaban J connectivity index is 1.91. The minimum absolute atomic E-state index is 0.216. The summed E-state index contributed by atoms with van der Waals surface area (Å²) in [5.74, 6) is 1.50. The van der Waals surface area contributed by atoms with Crippen molar-refractivity contribution in [3.63, 3.8) is 0 Å². The molecule has 15 heavy (non-hydrogen) atoms. The first-order valence-electron chi connectivity index (χ1n) is 4.98. The van der Waals surface area contributed by atoms with Crippen molar-refractivity contribution in [2.75, 3.05) is 11.5 Å². The Morgan fingerprint density at radius 3 is 3.13 bits per heavy atom. The van der Waals surface area contributed by atoms with Crippen molar-refractivity contribution in [2.45, 2.75) is 18.9 Å². The van der Waals surface area contributed by atoms with E-state index in [0.29, 0.717) is 5.69 Å². The quantitative estimate of drug-likeness (QED) is 0.810. The number of H-pyrrole nitrogens is 1. The summed E-state index contributed by atoms with van der Waals surface area (Å²) in [7, 11) is 0. The van der Waals surface area contributed by atoms with Crippen molar-refractivity contribution in [2.24, 2.45) is 0 Å². The molecule has 0 spiro atoms. The zero-order valence-corrected chi connectivity index (χ0v) is 9.07. The first-order valence-corrected chi connectivity index (χ1v) is 6.14. The van der Waals surface area contributed by atoms with Crippen LogP contribution in [0.1, 0.15) is 23.3 Å². The van der Waals surface area contributed by atoms with Crippen LogP contribution in [0.2, 0.25) is 0 Å². The number of carbonyl (C=O) groups is 1. The van der Waals surface area contributed by atoms with Gasteiger partial charge in [0.25, 0.3) is 5.91 Å². The van der Waals surface area contributed by atoms with Gasteiger partial charge < -0.3 is 10.3 Å². The number of aromatic amines is 1. The number of aromatic nitrogens is 1. The van der Waals surface area contributed by atoms with E-state index in [9.17, 15) is 9.18 Å². The average Bonchev–Trinajstić information content (AvgIpc) is 2.66. The van der Waals surface area contributed by atoms with Gasteiger partial charge in [-0.15, -0.1) is 0 Å². The number of rotatable bonds is 2. The van der Waals surface area contributed by atoms with Crippen LogP contribution < -0.4 is 5.32 Å². The van der Waals surface area contributed by atoms with Gasteiger partial charge in [-0.25, -0.2) is 4.39 Å². The van der Waals surface area contributed by atoms with E-state index in [1.54, 1.807) is 0 Å². The SMILES string of the molecule is O=C(NC1CCCSC1)c1cc(F)c[nH]1. The molecule has 0 aromatic carbocycles. The third-order valence-corrected chi connectivity index (χ3v) is 3.60. The first kappa shape index (κ1) is 10.5. The van der Waals surface area contributed by atoms with Gasteiger partial charge >= 0.3 is 0 Å². The maximum Gasteiger partial charge on any atom is 0.268 e. The second-order valence-electron chi connectivity index (χ2n) is 3.62. The Hall–Kier alpha value is -0.970. The molecule has 1 amide bonds. The van der Waals surface area contributed by atoms with Crippen LogP contribution in [0, 0.1) is 5.82 Å². The zero-order chi connectivity index (χ0) is 10.7. The Kier molecular flexibility index (Phi) is 3.30. The van der Waals surface area contributed by atoms with Crippen molar-refractivity contribution in [1.82, 2.24) is 10.3 Å². The third-order valence-electron chi connectivity index (χ3n) is 2.39. The monoisotopic (exact) mass is 228 g/mol. The molecule has 1 atom stereocenters. The Labute approximate surface area is 91.8 Å². The maximum absolute atomic E-state index is 12.7. The van der Waals surface area contributed by atoms with Gasteiger partial charge in [-0.2, -0.15) is 11.8 Å². The molecule has 0 radical (unpaired) electrons. The molecule has 1 saturated heterocycles. The topological polar surface area (TPSA) is 44.9 Å². The molecule has 1 aliphatic heterocycles. The van der Waals surface area contributed by atoms with Crippen molar-refractivity contribution in [3.8, 4) is 0 Å². The van der Waals surface area contributed by atoms with E-state index in [1.807, 2.05) is 11.8 Å². The summed E-state index contributed by atoms with van der Waals surface area (Å²) in [5, 5.41) is 2.89. The van der Waals surface area contributed by atoms with Crippen LogP contribution in [0.15, 0.2) is 12.3 Å². The van der Waals surface area contributed by atoms with E-state index < -0.39 is 5.82 Å². The van der Waals surface area contributed by atoms with Crippen molar-refractivity contribution in [3.05, 3.63) is 23.8 Å². The summed E-state index contributed by atoms with van der Waals surface area (Å²) in [6.45, 7) is 0. The largest absolute Gasteiger partial charge is 0.355 e. The van der Waals surface area contributed by atoms with Gasteiger partial charge in [0.1, 0.15) is 11.5 Å². The molecule has 5 heteroatoms. The molecule has 1 fully saturated rings. The molecule has 3 nitrogen and oxygen atoms in total. The highest BCUT2D eigenvalue weighted by atomic mass is 32.2. The minimum Gasteiger partial charge on any atom is -0.355 e. The number of hydrogen-bond donors (Lipinski definition) is 2. The predicted octanol–water partition coefficient (Wildman–Crippen LogP) is 1.78. The predicted molar refractivity (Wildman–Crippen MR) is 58.6 cm³/mol. The lowest BCUT2D eigenvalue weighted by Crippen LogP contribution is -2.38. The average molecular weight is 228 g/mol. The van der Waals surface area contributed by atoms with E-state index in [1.165, 1.54) is 18.0 Å². The molecule has 2 heterocycles. The lowest BCUT2D eigenvalue weighted by atomic mass is 10.2.